The first-order valence-corrected chi connectivity index (χ1v) is 12.4. The average Bonchev–Trinajstić information content (AvgIpc) is 3.39. The molecule has 0 bridgehead atoms. The molecule has 0 spiro atoms. The van der Waals surface area contributed by atoms with Gasteiger partial charge in [0.1, 0.15) is 11.9 Å². The van der Waals surface area contributed by atoms with E-state index in [9.17, 15) is 19.1 Å². The van der Waals surface area contributed by atoms with Crippen LogP contribution in [-0.2, 0) is 14.3 Å². The third-order valence-corrected chi connectivity index (χ3v) is 10.9. The van der Waals surface area contributed by atoms with E-state index in [1.54, 1.807) is 25.3 Å². The smallest absolute Gasteiger partial charge is 0.335 e. The van der Waals surface area contributed by atoms with Gasteiger partial charge in [0.25, 0.3) is 0 Å². The molecule has 7 nitrogen and oxygen atoms in total. The van der Waals surface area contributed by atoms with Gasteiger partial charge in [-0.15, -0.1) is 11.3 Å². The zero-order valence-corrected chi connectivity index (χ0v) is 19.1. The Morgan fingerprint density at radius 2 is 1.88 bits per heavy atom. The van der Waals surface area contributed by atoms with Crippen LogP contribution in [0.4, 0.5) is 4.39 Å². The van der Waals surface area contributed by atoms with E-state index in [0.717, 1.165) is 0 Å². The second-order valence-corrected chi connectivity index (χ2v) is 11.3. The highest BCUT2D eigenvalue weighted by Crippen LogP contribution is 3.11. The highest BCUT2D eigenvalue weighted by Gasteiger charge is 3.12. The second kappa shape index (κ2) is 5.59. The summed E-state index contributed by atoms with van der Waals surface area (Å²) in [6.45, 7) is 1.66. The number of ether oxygens (including phenoxy) is 1. The zero-order valence-electron chi connectivity index (χ0n) is 18.3. The van der Waals surface area contributed by atoms with Gasteiger partial charge in [-0.25, -0.2) is 14.2 Å². The van der Waals surface area contributed by atoms with Crippen LogP contribution >= 0.6 is 11.3 Å². The van der Waals surface area contributed by atoms with Crippen LogP contribution in [0.15, 0.2) is 46.0 Å². The molecule has 1 aromatic carbocycles. The van der Waals surface area contributed by atoms with Crippen LogP contribution in [0.25, 0.3) is 0 Å². The van der Waals surface area contributed by atoms with Crippen molar-refractivity contribution < 1.29 is 23.8 Å². The Morgan fingerprint density at radius 3 is 2.47 bits per heavy atom. The van der Waals surface area contributed by atoms with Crippen molar-refractivity contribution in [2.45, 2.75) is 13.0 Å². The number of aromatic nitrogens is 1. The molecule has 1 atom stereocenters. The van der Waals surface area contributed by atoms with Gasteiger partial charge in [0.05, 0.1) is 18.1 Å². The van der Waals surface area contributed by atoms with E-state index >= 15 is 0 Å². The average molecular weight is 478 g/mol. The predicted octanol–water partition coefficient (Wildman–Crippen LogP) is 2.93. The van der Waals surface area contributed by atoms with Crippen LogP contribution < -0.4 is 5.32 Å². The summed E-state index contributed by atoms with van der Waals surface area (Å²) in [5, 5.41) is 16.3. The molecule has 6 fully saturated rings. The zero-order chi connectivity index (χ0) is 23.3. The summed E-state index contributed by atoms with van der Waals surface area (Å²) in [6.07, 6.45) is 1.69. The molecule has 1 aliphatic heterocycles. The van der Waals surface area contributed by atoms with E-state index < -0.39 is 12.0 Å². The van der Waals surface area contributed by atoms with Gasteiger partial charge in [0.2, 0.25) is 0 Å². The number of rotatable bonds is 5. The molecule has 6 saturated carbocycles. The van der Waals surface area contributed by atoms with E-state index in [4.69, 9.17) is 9.73 Å². The maximum Gasteiger partial charge on any atom is 0.335 e. The third kappa shape index (κ3) is 1.57. The molecule has 172 valence electrons. The van der Waals surface area contributed by atoms with E-state index in [0.29, 0.717) is 63.2 Å². The van der Waals surface area contributed by atoms with Crippen LogP contribution in [0, 0.1) is 59.1 Å². The fourth-order valence-electron chi connectivity index (χ4n) is 9.32. The minimum absolute atomic E-state index is 0.0908. The molecule has 0 radical (unpaired) electrons. The lowest BCUT2D eigenvalue weighted by Crippen LogP contribution is -3.11. The number of hydrogen-bond donors (Lipinski definition) is 2. The molecule has 9 rings (SSSR count). The Hall–Kier alpha value is -3.07. The quantitative estimate of drug-likeness (QED) is 0.643. The summed E-state index contributed by atoms with van der Waals surface area (Å²) in [5.41, 5.74) is 1.29. The number of aliphatic imine (C=N–C) groups is 1. The van der Waals surface area contributed by atoms with Crippen LogP contribution in [-0.4, -0.2) is 35.0 Å². The molecular weight excluding hydrogens is 457 g/mol. The summed E-state index contributed by atoms with van der Waals surface area (Å²) >= 11 is 1.42. The summed E-state index contributed by atoms with van der Waals surface area (Å²) in [7, 11) is 1.45. The van der Waals surface area contributed by atoms with Gasteiger partial charge in [-0.1, -0.05) is 12.1 Å². The van der Waals surface area contributed by atoms with Gasteiger partial charge in [-0.2, -0.15) is 0 Å². The van der Waals surface area contributed by atoms with E-state index in [1.165, 1.54) is 24.5 Å². The SMILES string of the molecule is COC(=O)C12C3C4C1C1C2C3C41C1=C(C(=O)O)C(c2cccc(F)c2C)N=C(c2nccs2)N1. The Bertz CT molecular complexity index is 1360. The van der Waals surface area contributed by atoms with Crippen LogP contribution in [0.5, 0.6) is 0 Å². The summed E-state index contributed by atoms with van der Waals surface area (Å²) in [6, 6.07) is 3.89. The van der Waals surface area contributed by atoms with Crippen LogP contribution in [0.3, 0.4) is 0 Å². The number of carboxylic acids is 1. The van der Waals surface area contributed by atoms with Crippen LogP contribution in [0.2, 0.25) is 0 Å². The Balaban J connectivity index is 1.28. The van der Waals surface area contributed by atoms with Crippen molar-refractivity contribution in [3.8, 4) is 0 Å². The number of hydrogen-bond acceptors (Lipinski definition) is 7. The normalized spacial score (nSPS) is 43.1. The molecule has 2 N–H and O–H groups in total. The molecule has 2 aromatic rings. The van der Waals surface area contributed by atoms with Crippen molar-refractivity contribution in [2.75, 3.05) is 7.11 Å². The van der Waals surface area contributed by atoms with E-state index in [1.807, 2.05) is 5.38 Å². The number of benzene rings is 1. The molecule has 2 heterocycles. The summed E-state index contributed by atoms with van der Waals surface area (Å²) in [4.78, 5) is 34.5. The van der Waals surface area contributed by atoms with Crippen LogP contribution in [0.1, 0.15) is 22.2 Å². The van der Waals surface area contributed by atoms with E-state index in [2.05, 4.69) is 10.3 Å². The number of thiazole rings is 1. The maximum absolute atomic E-state index is 14.5. The molecule has 9 heteroatoms. The number of amidine groups is 1. The minimum atomic E-state index is -1.05. The lowest BCUT2D eigenvalue weighted by Gasteiger charge is -3.10. The number of carboxylic acid groups (broad SMARTS) is 1. The van der Waals surface area contributed by atoms with Crippen molar-refractivity contribution >= 4 is 29.1 Å². The molecule has 1 unspecified atom stereocenters. The largest absolute Gasteiger partial charge is 0.478 e. The summed E-state index contributed by atoms with van der Waals surface area (Å²) < 4.78 is 19.7. The monoisotopic (exact) mass is 477 g/mol. The first kappa shape index (κ1) is 19.3. The molecule has 34 heavy (non-hydrogen) atoms. The number of methoxy groups -OCH3 is 1. The maximum atomic E-state index is 14.5. The van der Waals surface area contributed by atoms with Gasteiger partial charge in [0.15, 0.2) is 10.8 Å². The fraction of sp³-hybridized carbons (Fsp3) is 0.440. The number of esters is 1. The molecule has 0 saturated heterocycles. The van der Waals surface area contributed by atoms with Gasteiger partial charge >= 0.3 is 11.9 Å². The van der Waals surface area contributed by atoms with Gasteiger partial charge < -0.3 is 15.2 Å². The highest BCUT2D eigenvalue weighted by molar-refractivity contribution is 7.11. The minimum Gasteiger partial charge on any atom is -0.478 e. The van der Waals surface area contributed by atoms with Crippen molar-refractivity contribution in [1.29, 1.82) is 0 Å². The number of nitrogens with zero attached hydrogens (tertiary/aromatic N) is 2. The first-order valence-electron chi connectivity index (χ1n) is 11.5. The summed E-state index contributed by atoms with van der Waals surface area (Å²) in [5.74, 6) is 0.781. The fourth-order valence-corrected chi connectivity index (χ4v) is 9.91. The lowest BCUT2D eigenvalue weighted by molar-refractivity contribution is -0.633. The van der Waals surface area contributed by atoms with Crippen molar-refractivity contribution in [1.82, 2.24) is 10.3 Å². The number of aliphatic carboxylic acids is 1. The highest BCUT2D eigenvalue weighted by atomic mass is 32.1. The molecular formula is C25H20FN3O4S. The van der Waals surface area contributed by atoms with Crippen molar-refractivity contribution in [3.63, 3.8) is 0 Å². The number of halogens is 1. The topological polar surface area (TPSA) is 101 Å². The molecule has 6 aliphatic carbocycles. The van der Waals surface area contributed by atoms with Gasteiger partial charge in [-0.05, 0) is 59.6 Å². The van der Waals surface area contributed by atoms with Gasteiger partial charge in [-0.3, -0.25) is 9.79 Å². The number of carbonyl (C=O) groups excluding carboxylic acids is 1. The Kier molecular flexibility index (Phi) is 3.17. The predicted molar refractivity (Wildman–Crippen MR) is 118 cm³/mol. The number of carbonyl (C=O) groups is 2. The number of allylic oxidation sites excluding steroid dienone is 1. The van der Waals surface area contributed by atoms with Crippen molar-refractivity contribution in [3.05, 3.63) is 63.0 Å². The Morgan fingerprint density at radius 1 is 1.18 bits per heavy atom. The molecule has 7 aliphatic rings. The second-order valence-electron chi connectivity index (χ2n) is 10.4. The standard InChI is InChI=1S/C25H20FN3O4S/c1-8-9(4-3-5-10(8)26)18-11(22(30)31)19(29-20(28-18)21-27-6-7-34-21)24-12-15-13(24)17-14(24)16(12)25(15,17)23(32)33-2/h3-7,12-18H,1-2H3,(H,28,29)(H,30,31). The molecule has 0 amide bonds. The Labute approximate surface area is 197 Å². The molecule has 1 aromatic heterocycles. The van der Waals surface area contributed by atoms with Gasteiger partial charge in [0, 0.05) is 22.7 Å². The van der Waals surface area contributed by atoms with Crippen molar-refractivity contribution in [2.24, 2.45) is 51.3 Å². The van der Waals surface area contributed by atoms with E-state index in [-0.39, 0.29) is 28.2 Å². The third-order valence-electron chi connectivity index (χ3n) is 10.1. The first-order chi connectivity index (χ1) is 16.4. The number of nitrogens with one attached hydrogen (secondary N) is 1. The lowest BCUT2D eigenvalue weighted by atomic mass is 8.92.